The van der Waals surface area contributed by atoms with E-state index in [1.54, 1.807) is 0 Å². The Morgan fingerprint density at radius 3 is 2.12 bits per heavy atom. The first-order valence-electron chi connectivity index (χ1n) is 7.24. The summed E-state index contributed by atoms with van der Waals surface area (Å²) in [4.78, 5) is 0. The lowest BCUT2D eigenvalue weighted by Crippen LogP contribution is -2.11. The van der Waals surface area contributed by atoms with Gasteiger partial charge in [0, 0.05) is 0 Å². The number of rotatable bonds is 10. The molecule has 0 bridgehead atoms. The molecular formula is C14H29N2+. The van der Waals surface area contributed by atoms with E-state index in [1.165, 1.54) is 70.9 Å². The highest BCUT2D eigenvalue weighted by atomic mass is 15.1. The van der Waals surface area contributed by atoms with Crippen LogP contribution in [0.4, 0.5) is 0 Å². The van der Waals surface area contributed by atoms with E-state index in [4.69, 9.17) is 0 Å². The molecule has 0 aromatic heterocycles. The molecule has 2 heteroatoms. The van der Waals surface area contributed by atoms with Gasteiger partial charge in [-0.1, -0.05) is 51.9 Å². The Morgan fingerprint density at radius 1 is 0.938 bits per heavy atom. The van der Waals surface area contributed by atoms with Crippen molar-refractivity contribution in [3.8, 4) is 0 Å². The van der Waals surface area contributed by atoms with Crippen LogP contribution in [0.3, 0.4) is 0 Å². The zero-order chi connectivity index (χ0) is 11.5. The maximum Gasteiger partial charge on any atom is 0.232 e. The molecule has 0 amide bonds. The molecule has 94 valence electrons. The highest BCUT2D eigenvalue weighted by Gasteiger charge is 2.06. The van der Waals surface area contributed by atoms with E-state index in [0.717, 1.165) is 6.54 Å². The van der Waals surface area contributed by atoms with Crippen LogP contribution in [0.25, 0.3) is 0 Å². The van der Waals surface area contributed by atoms with Crippen LogP contribution in [-0.4, -0.2) is 30.5 Å². The summed E-state index contributed by atoms with van der Waals surface area (Å²) in [5.41, 5.74) is 0. The highest BCUT2D eigenvalue weighted by Crippen LogP contribution is 2.09. The first-order valence-corrected chi connectivity index (χ1v) is 7.24. The monoisotopic (exact) mass is 225 g/mol. The fraction of sp³-hybridized carbons (Fsp3) is 0.929. The van der Waals surface area contributed by atoms with Gasteiger partial charge >= 0.3 is 0 Å². The van der Waals surface area contributed by atoms with E-state index in [1.807, 2.05) is 0 Å². The van der Waals surface area contributed by atoms with E-state index in [-0.39, 0.29) is 0 Å². The third-order valence-electron chi connectivity index (χ3n) is 3.37. The summed E-state index contributed by atoms with van der Waals surface area (Å²) in [5, 5.41) is 3.25. The largest absolute Gasteiger partial charge is 0.277 e. The standard InChI is InChI=1S/C14H28N2/c1-2-3-4-5-6-7-8-9-10-12-16-13-11-15-14-16/h14H,2-13H2,1H3/p+1. The molecule has 0 aromatic rings. The second kappa shape index (κ2) is 9.68. The van der Waals surface area contributed by atoms with Crippen LogP contribution < -0.4 is 5.32 Å². The lowest BCUT2D eigenvalue weighted by atomic mass is 10.1. The Hall–Kier alpha value is -0.530. The van der Waals surface area contributed by atoms with Gasteiger partial charge in [-0.25, -0.2) is 0 Å². The fourth-order valence-corrected chi connectivity index (χ4v) is 2.27. The molecule has 0 aromatic carbocycles. The molecule has 0 aliphatic carbocycles. The topological polar surface area (TPSA) is 15.0 Å². The van der Waals surface area contributed by atoms with Crippen molar-refractivity contribution < 1.29 is 4.58 Å². The SMILES string of the molecule is CCCCCCCCCCC[N+]1=CNCC1. The molecule has 16 heavy (non-hydrogen) atoms. The van der Waals surface area contributed by atoms with Gasteiger partial charge < -0.3 is 0 Å². The average molecular weight is 225 g/mol. The zero-order valence-electron chi connectivity index (χ0n) is 11.0. The Balaban J connectivity index is 1.74. The number of unbranched alkanes of at least 4 members (excludes halogenated alkanes) is 8. The van der Waals surface area contributed by atoms with Crippen molar-refractivity contribution >= 4 is 6.34 Å². The molecule has 1 heterocycles. The zero-order valence-corrected chi connectivity index (χ0v) is 11.0. The van der Waals surface area contributed by atoms with Crippen molar-refractivity contribution in [2.75, 3.05) is 19.6 Å². The molecule has 0 radical (unpaired) electrons. The smallest absolute Gasteiger partial charge is 0.232 e. The summed E-state index contributed by atoms with van der Waals surface area (Å²) in [6, 6.07) is 0. The predicted molar refractivity (Wildman–Crippen MR) is 71.3 cm³/mol. The van der Waals surface area contributed by atoms with Crippen LogP contribution in [0.2, 0.25) is 0 Å². The van der Waals surface area contributed by atoms with Gasteiger partial charge in [0.05, 0.1) is 6.54 Å². The van der Waals surface area contributed by atoms with Crippen molar-refractivity contribution in [3.05, 3.63) is 0 Å². The summed E-state index contributed by atoms with van der Waals surface area (Å²) in [7, 11) is 0. The van der Waals surface area contributed by atoms with E-state index < -0.39 is 0 Å². The Bertz CT molecular complexity index is 187. The first kappa shape index (κ1) is 13.5. The summed E-state index contributed by atoms with van der Waals surface area (Å²) in [6.07, 6.45) is 15.0. The van der Waals surface area contributed by atoms with Crippen LogP contribution in [0.15, 0.2) is 0 Å². The molecule has 1 aliphatic rings. The second-order valence-electron chi connectivity index (χ2n) is 4.95. The molecule has 2 nitrogen and oxygen atoms in total. The predicted octanol–water partition coefficient (Wildman–Crippen LogP) is 3.16. The normalized spacial score (nSPS) is 14.9. The number of hydrogen-bond donors (Lipinski definition) is 1. The third-order valence-corrected chi connectivity index (χ3v) is 3.37. The van der Waals surface area contributed by atoms with Crippen LogP contribution >= 0.6 is 0 Å². The molecule has 0 fully saturated rings. The van der Waals surface area contributed by atoms with Gasteiger partial charge in [0.2, 0.25) is 6.34 Å². The molecule has 1 N–H and O–H groups in total. The minimum absolute atomic E-state index is 1.14. The first-order chi connectivity index (χ1) is 7.93. The number of nitrogens with one attached hydrogen (secondary N) is 1. The molecule has 0 saturated carbocycles. The average Bonchev–Trinajstić information content (AvgIpc) is 2.80. The Kier molecular flexibility index (Phi) is 8.19. The van der Waals surface area contributed by atoms with Crippen LogP contribution in [-0.2, 0) is 0 Å². The Morgan fingerprint density at radius 2 is 1.56 bits per heavy atom. The van der Waals surface area contributed by atoms with Crippen LogP contribution in [0, 0.1) is 0 Å². The van der Waals surface area contributed by atoms with Crippen molar-refractivity contribution in [3.63, 3.8) is 0 Å². The summed E-state index contributed by atoms with van der Waals surface area (Å²) >= 11 is 0. The quantitative estimate of drug-likeness (QED) is 0.446. The number of hydrogen-bond acceptors (Lipinski definition) is 1. The lowest BCUT2D eigenvalue weighted by Gasteiger charge is -2.02. The molecule has 1 aliphatic heterocycles. The maximum atomic E-state index is 3.25. The third kappa shape index (κ3) is 6.86. The molecule has 1 rings (SSSR count). The maximum absolute atomic E-state index is 3.25. The van der Waals surface area contributed by atoms with Crippen molar-refractivity contribution in [2.45, 2.75) is 64.7 Å². The lowest BCUT2D eigenvalue weighted by molar-refractivity contribution is -0.514. The molecule has 0 spiro atoms. The van der Waals surface area contributed by atoms with Gasteiger partial charge in [-0.15, -0.1) is 0 Å². The highest BCUT2D eigenvalue weighted by molar-refractivity contribution is 5.49. The van der Waals surface area contributed by atoms with Gasteiger partial charge in [0.1, 0.15) is 13.1 Å². The summed E-state index contributed by atoms with van der Waals surface area (Å²) < 4.78 is 2.40. The molecular weight excluding hydrogens is 196 g/mol. The van der Waals surface area contributed by atoms with Gasteiger partial charge in [-0.05, 0) is 12.8 Å². The van der Waals surface area contributed by atoms with Crippen LogP contribution in [0.1, 0.15) is 64.7 Å². The molecule has 0 saturated heterocycles. The van der Waals surface area contributed by atoms with Gasteiger partial charge in [0.25, 0.3) is 0 Å². The summed E-state index contributed by atoms with van der Waals surface area (Å²) in [6.45, 7) is 5.88. The van der Waals surface area contributed by atoms with Gasteiger partial charge in [-0.2, -0.15) is 0 Å². The van der Waals surface area contributed by atoms with Crippen molar-refractivity contribution in [1.82, 2.24) is 5.32 Å². The molecule has 0 unspecified atom stereocenters. The fourth-order valence-electron chi connectivity index (χ4n) is 2.27. The number of nitrogens with zero attached hydrogens (tertiary/aromatic N) is 1. The second-order valence-corrected chi connectivity index (χ2v) is 4.95. The van der Waals surface area contributed by atoms with Gasteiger partial charge in [0.15, 0.2) is 0 Å². The van der Waals surface area contributed by atoms with Crippen LogP contribution in [0.5, 0.6) is 0 Å². The minimum Gasteiger partial charge on any atom is -0.277 e. The van der Waals surface area contributed by atoms with E-state index in [2.05, 4.69) is 23.2 Å². The molecule has 0 atom stereocenters. The van der Waals surface area contributed by atoms with Crippen molar-refractivity contribution in [1.29, 1.82) is 0 Å². The Labute approximate surface area is 101 Å². The van der Waals surface area contributed by atoms with Gasteiger partial charge in [-0.3, -0.25) is 9.89 Å². The minimum atomic E-state index is 1.14. The van der Waals surface area contributed by atoms with E-state index >= 15 is 0 Å². The van der Waals surface area contributed by atoms with Crippen molar-refractivity contribution in [2.24, 2.45) is 0 Å². The summed E-state index contributed by atoms with van der Waals surface area (Å²) in [5.74, 6) is 0. The van der Waals surface area contributed by atoms with E-state index in [9.17, 15) is 0 Å². The van der Waals surface area contributed by atoms with E-state index in [0.29, 0.717) is 0 Å².